The Kier molecular flexibility index (Phi) is 5.13. The Morgan fingerprint density at radius 2 is 1.93 bits per heavy atom. The molecule has 0 saturated carbocycles. The lowest BCUT2D eigenvalue weighted by Gasteiger charge is -2.17. The van der Waals surface area contributed by atoms with E-state index in [1.54, 1.807) is 6.20 Å². The van der Waals surface area contributed by atoms with E-state index in [4.69, 9.17) is 0 Å². The zero-order valence-corrected chi connectivity index (χ0v) is 17.5. The number of nitrogens with zero attached hydrogens (tertiary/aromatic N) is 5. The van der Waals surface area contributed by atoms with Crippen molar-refractivity contribution in [1.82, 2.24) is 29.9 Å². The second kappa shape index (κ2) is 7.75. The number of anilines is 3. The minimum atomic E-state index is -0.332. The highest BCUT2D eigenvalue weighted by Gasteiger charge is 2.21. The summed E-state index contributed by atoms with van der Waals surface area (Å²) in [6.45, 7) is 6.35. The summed E-state index contributed by atoms with van der Waals surface area (Å²) >= 11 is 0. The van der Waals surface area contributed by atoms with E-state index in [9.17, 15) is 5.11 Å². The number of hydrogen-bond donors (Lipinski definition) is 4. The summed E-state index contributed by atoms with van der Waals surface area (Å²) in [5.74, 6) is 1.65. The average molecular weight is 406 g/mol. The Morgan fingerprint density at radius 3 is 2.60 bits per heavy atom. The van der Waals surface area contributed by atoms with Crippen LogP contribution in [-0.2, 0) is 12.5 Å². The van der Waals surface area contributed by atoms with Gasteiger partial charge in [-0.25, -0.2) is 0 Å². The van der Waals surface area contributed by atoms with Crippen molar-refractivity contribution in [2.75, 3.05) is 17.2 Å². The predicted octanol–water partition coefficient (Wildman–Crippen LogP) is 3.27. The highest BCUT2D eigenvalue weighted by molar-refractivity contribution is 5.88. The van der Waals surface area contributed by atoms with Crippen LogP contribution in [-0.4, -0.2) is 41.7 Å². The first kappa shape index (κ1) is 19.8. The third-order valence-electron chi connectivity index (χ3n) is 4.89. The lowest BCUT2D eigenvalue weighted by Crippen LogP contribution is -2.17. The van der Waals surface area contributed by atoms with Gasteiger partial charge in [-0.3, -0.25) is 9.78 Å². The Labute approximate surface area is 174 Å². The number of aromatic amines is 1. The molecule has 9 heteroatoms. The first-order valence-electron chi connectivity index (χ1n) is 9.80. The summed E-state index contributed by atoms with van der Waals surface area (Å²) in [4.78, 5) is 9.12. The minimum absolute atomic E-state index is 0.0327. The predicted molar refractivity (Wildman–Crippen MR) is 117 cm³/mol. The molecule has 4 rings (SSSR count). The van der Waals surface area contributed by atoms with Crippen molar-refractivity contribution in [2.24, 2.45) is 7.05 Å². The van der Waals surface area contributed by atoms with Crippen molar-refractivity contribution >= 4 is 28.6 Å². The van der Waals surface area contributed by atoms with Crippen LogP contribution in [0.2, 0.25) is 0 Å². The maximum Gasteiger partial charge on any atom is 0.227 e. The van der Waals surface area contributed by atoms with E-state index in [2.05, 4.69) is 56.7 Å². The molecule has 9 nitrogen and oxygen atoms in total. The van der Waals surface area contributed by atoms with Crippen LogP contribution in [0.1, 0.15) is 38.1 Å². The zero-order valence-electron chi connectivity index (χ0n) is 17.5. The van der Waals surface area contributed by atoms with Crippen LogP contribution in [0, 0.1) is 0 Å². The highest BCUT2D eigenvalue weighted by atomic mass is 16.3. The van der Waals surface area contributed by atoms with Crippen LogP contribution in [0.25, 0.3) is 11.0 Å². The lowest BCUT2D eigenvalue weighted by atomic mass is 9.92. The standard InChI is InChI=1S/C21H26N8O/c1-21(2,3)16-10-17(28-29(16)4)24-18-14-11-22-27-19(14)26-20(25-18)23-15(12-30)13-8-6-5-7-9-13/h5-11,15,30H,12H2,1-4H3,(H3,22,23,24,25,26,27,28)/t15-/m0/s1. The van der Waals surface area contributed by atoms with E-state index in [0.29, 0.717) is 23.2 Å². The number of hydrogen-bond acceptors (Lipinski definition) is 7. The van der Waals surface area contributed by atoms with E-state index in [-0.39, 0.29) is 18.1 Å². The molecular weight excluding hydrogens is 380 g/mol. The van der Waals surface area contributed by atoms with Crippen LogP contribution < -0.4 is 10.6 Å². The summed E-state index contributed by atoms with van der Waals surface area (Å²) in [5.41, 5.74) is 2.61. The van der Waals surface area contributed by atoms with E-state index in [0.717, 1.165) is 16.6 Å². The number of nitrogens with one attached hydrogen (secondary N) is 3. The van der Waals surface area contributed by atoms with E-state index in [1.165, 1.54) is 0 Å². The molecule has 156 valence electrons. The SMILES string of the molecule is Cn1nc(Nc2nc(N[C@@H](CO)c3ccccc3)nc3[nH]ncc23)cc1C(C)(C)C. The quantitative estimate of drug-likeness (QED) is 0.388. The molecular formula is C21H26N8O. The fourth-order valence-corrected chi connectivity index (χ4v) is 3.42. The molecule has 0 amide bonds. The summed E-state index contributed by atoms with van der Waals surface area (Å²) < 4.78 is 1.87. The van der Waals surface area contributed by atoms with Gasteiger partial charge in [0.2, 0.25) is 5.95 Å². The van der Waals surface area contributed by atoms with E-state index >= 15 is 0 Å². The van der Waals surface area contributed by atoms with Crippen molar-refractivity contribution in [2.45, 2.75) is 32.2 Å². The van der Waals surface area contributed by atoms with Gasteiger partial charge in [-0.2, -0.15) is 20.2 Å². The number of aliphatic hydroxyl groups is 1. The van der Waals surface area contributed by atoms with Gasteiger partial charge in [0.05, 0.1) is 24.2 Å². The maximum atomic E-state index is 9.86. The van der Waals surface area contributed by atoms with Crippen LogP contribution in [0.15, 0.2) is 42.6 Å². The van der Waals surface area contributed by atoms with Crippen molar-refractivity contribution in [3.05, 3.63) is 53.9 Å². The van der Waals surface area contributed by atoms with Crippen LogP contribution in [0.5, 0.6) is 0 Å². The number of aliphatic hydroxyl groups excluding tert-OH is 1. The van der Waals surface area contributed by atoms with E-state index < -0.39 is 0 Å². The minimum Gasteiger partial charge on any atom is -0.394 e. The first-order valence-corrected chi connectivity index (χ1v) is 9.80. The molecule has 1 atom stereocenters. The van der Waals surface area contributed by atoms with Crippen molar-refractivity contribution in [3.8, 4) is 0 Å². The molecule has 4 N–H and O–H groups in total. The average Bonchev–Trinajstić information content (AvgIpc) is 3.33. The summed E-state index contributed by atoms with van der Waals surface area (Å²) in [7, 11) is 1.93. The summed E-state index contributed by atoms with van der Waals surface area (Å²) in [6, 6.07) is 11.4. The van der Waals surface area contributed by atoms with Gasteiger partial charge in [-0.05, 0) is 5.56 Å². The molecule has 0 aliphatic heterocycles. The molecule has 1 aromatic carbocycles. The number of fused-ring (bicyclic) bond motifs is 1. The van der Waals surface area contributed by atoms with Crippen LogP contribution in [0.4, 0.5) is 17.6 Å². The number of benzene rings is 1. The second-order valence-electron chi connectivity index (χ2n) is 8.23. The van der Waals surface area contributed by atoms with E-state index in [1.807, 2.05) is 48.1 Å². The van der Waals surface area contributed by atoms with Crippen molar-refractivity contribution in [1.29, 1.82) is 0 Å². The van der Waals surface area contributed by atoms with Crippen LogP contribution in [0.3, 0.4) is 0 Å². The molecule has 0 radical (unpaired) electrons. The monoisotopic (exact) mass is 406 g/mol. The van der Waals surface area contributed by atoms with Gasteiger partial charge in [0.15, 0.2) is 11.5 Å². The molecule has 0 spiro atoms. The topological polar surface area (TPSA) is 117 Å². The van der Waals surface area contributed by atoms with Gasteiger partial charge in [-0.1, -0.05) is 51.1 Å². The molecule has 4 aromatic rings. The zero-order chi connectivity index (χ0) is 21.3. The fraction of sp³-hybridized carbons (Fsp3) is 0.333. The number of aromatic nitrogens is 6. The number of rotatable bonds is 6. The second-order valence-corrected chi connectivity index (χ2v) is 8.23. The van der Waals surface area contributed by atoms with Gasteiger partial charge < -0.3 is 15.7 Å². The van der Waals surface area contributed by atoms with Crippen molar-refractivity contribution in [3.63, 3.8) is 0 Å². The largest absolute Gasteiger partial charge is 0.394 e. The Morgan fingerprint density at radius 1 is 1.17 bits per heavy atom. The van der Waals surface area contributed by atoms with Gasteiger partial charge in [0.25, 0.3) is 0 Å². The maximum absolute atomic E-state index is 9.86. The molecule has 3 aromatic heterocycles. The molecule has 0 aliphatic rings. The molecule has 3 heterocycles. The Bertz CT molecular complexity index is 1140. The molecule has 0 saturated heterocycles. The summed E-state index contributed by atoms with van der Waals surface area (Å²) in [6.07, 6.45) is 1.68. The van der Waals surface area contributed by atoms with Crippen LogP contribution >= 0.6 is 0 Å². The number of aryl methyl sites for hydroxylation is 1. The third kappa shape index (κ3) is 3.97. The highest BCUT2D eigenvalue weighted by Crippen LogP contribution is 2.28. The smallest absolute Gasteiger partial charge is 0.227 e. The van der Waals surface area contributed by atoms with Gasteiger partial charge >= 0.3 is 0 Å². The Balaban J connectivity index is 1.67. The molecule has 0 bridgehead atoms. The molecule has 0 fully saturated rings. The fourth-order valence-electron chi connectivity index (χ4n) is 3.42. The molecule has 0 unspecified atom stereocenters. The number of H-pyrrole nitrogens is 1. The van der Waals surface area contributed by atoms with Gasteiger partial charge in [0, 0.05) is 24.2 Å². The van der Waals surface area contributed by atoms with Gasteiger partial charge in [0.1, 0.15) is 5.82 Å². The third-order valence-corrected chi connectivity index (χ3v) is 4.89. The Hall–Kier alpha value is -3.46. The summed E-state index contributed by atoms with van der Waals surface area (Å²) in [5, 5.41) is 28.7. The molecule has 0 aliphatic carbocycles. The van der Waals surface area contributed by atoms with Gasteiger partial charge in [-0.15, -0.1) is 0 Å². The first-order chi connectivity index (χ1) is 14.3. The van der Waals surface area contributed by atoms with Crippen molar-refractivity contribution < 1.29 is 5.11 Å². The normalized spacial score (nSPS) is 12.8. The molecule has 30 heavy (non-hydrogen) atoms. The lowest BCUT2D eigenvalue weighted by molar-refractivity contribution is 0.276.